The first kappa shape index (κ1) is 16.6. The van der Waals surface area contributed by atoms with Gasteiger partial charge in [-0.15, -0.1) is 0 Å². The predicted octanol–water partition coefficient (Wildman–Crippen LogP) is 4.24. The summed E-state index contributed by atoms with van der Waals surface area (Å²) >= 11 is 1.61. The zero-order valence-corrected chi connectivity index (χ0v) is 14.7. The molecule has 4 nitrogen and oxygen atoms in total. The summed E-state index contributed by atoms with van der Waals surface area (Å²) in [7, 11) is 0. The van der Waals surface area contributed by atoms with E-state index in [1.807, 2.05) is 48.5 Å². The Morgan fingerprint density at radius 3 is 2.71 bits per heavy atom. The smallest absolute Gasteiger partial charge is 0.251 e. The lowest BCUT2D eigenvalue weighted by molar-refractivity contribution is 0.0948. The highest BCUT2D eigenvalue weighted by Crippen LogP contribution is 2.24. The maximum Gasteiger partial charge on any atom is 0.251 e. The third-order valence-electron chi connectivity index (χ3n) is 3.66. The first-order valence-corrected chi connectivity index (χ1v) is 9.05. The Kier molecular flexibility index (Phi) is 5.20. The van der Waals surface area contributed by atoms with Crippen LogP contribution in [0.2, 0.25) is 0 Å². The fourth-order valence-electron chi connectivity index (χ4n) is 2.40. The van der Waals surface area contributed by atoms with Crippen molar-refractivity contribution in [2.75, 3.05) is 6.54 Å². The molecule has 5 heteroatoms. The zero-order valence-electron chi connectivity index (χ0n) is 13.9. The number of rotatable bonds is 6. The molecular weight excluding hydrogens is 318 g/mol. The Labute approximate surface area is 146 Å². The largest absolute Gasteiger partial charge is 0.352 e. The molecule has 0 fully saturated rings. The van der Waals surface area contributed by atoms with Crippen LogP contribution in [0, 0.1) is 5.92 Å². The topological polar surface area (TPSA) is 57.8 Å². The Hall–Kier alpha value is -2.27. The van der Waals surface area contributed by atoms with E-state index >= 15 is 0 Å². The maximum atomic E-state index is 12.4. The average molecular weight is 339 g/mol. The summed E-state index contributed by atoms with van der Waals surface area (Å²) in [5.41, 5.74) is 3.75. The Morgan fingerprint density at radius 1 is 1.17 bits per heavy atom. The van der Waals surface area contributed by atoms with E-state index in [9.17, 15) is 4.79 Å². The van der Waals surface area contributed by atoms with Crippen molar-refractivity contribution in [3.8, 4) is 0 Å². The van der Waals surface area contributed by atoms with E-state index in [-0.39, 0.29) is 5.91 Å². The van der Waals surface area contributed by atoms with Crippen molar-refractivity contribution in [1.82, 2.24) is 15.3 Å². The number of benzene rings is 2. The average Bonchev–Trinajstić information content (AvgIpc) is 3.01. The summed E-state index contributed by atoms with van der Waals surface area (Å²) in [5.74, 6) is 1.13. The molecule has 1 amide bonds. The minimum Gasteiger partial charge on any atom is -0.352 e. The molecule has 0 unspecified atom stereocenters. The monoisotopic (exact) mass is 339 g/mol. The molecule has 0 spiro atoms. The Bertz CT molecular complexity index is 808. The van der Waals surface area contributed by atoms with E-state index in [1.54, 1.807) is 11.8 Å². The van der Waals surface area contributed by atoms with Gasteiger partial charge < -0.3 is 10.3 Å². The fraction of sp³-hybridized carbons (Fsp3) is 0.263. The lowest BCUT2D eigenvalue weighted by atomic mass is 10.1. The number of aromatic nitrogens is 2. The second-order valence-electron chi connectivity index (χ2n) is 6.11. The van der Waals surface area contributed by atoms with Gasteiger partial charge >= 0.3 is 0 Å². The molecule has 0 atom stereocenters. The van der Waals surface area contributed by atoms with E-state index in [1.165, 1.54) is 0 Å². The highest BCUT2D eigenvalue weighted by Gasteiger charge is 2.12. The van der Waals surface area contributed by atoms with Crippen molar-refractivity contribution in [3.05, 3.63) is 59.7 Å². The van der Waals surface area contributed by atoms with Crippen LogP contribution in [-0.2, 0) is 5.75 Å². The summed E-state index contributed by atoms with van der Waals surface area (Å²) in [6, 6.07) is 15.7. The lowest BCUT2D eigenvalue weighted by Gasteiger charge is -2.11. The first-order valence-electron chi connectivity index (χ1n) is 8.07. The molecular formula is C19H21N3OS. The minimum absolute atomic E-state index is 0.00972. The van der Waals surface area contributed by atoms with Crippen molar-refractivity contribution < 1.29 is 4.79 Å². The van der Waals surface area contributed by atoms with Gasteiger partial charge in [-0.2, -0.15) is 0 Å². The number of imidazole rings is 1. The van der Waals surface area contributed by atoms with E-state index in [4.69, 9.17) is 0 Å². The number of H-pyrrole nitrogens is 1. The molecule has 0 aliphatic carbocycles. The number of thioether (sulfide) groups is 1. The van der Waals surface area contributed by atoms with Crippen molar-refractivity contribution in [2.24, 2.45) is 5.92 Å². The number of fused-ring (bicyclic) bond motifs is 1. The van der Waals surface area contributed by atoms with Crippen molar-refractivity contribution in [3.63, 3.8) is 0 Å². The van der Waals surface area contributed by atoms with Crippen LogP contribution in [0.15, 0.2) is 53.7 Å². The number of para-hydroxylation sites is 2. The molecule has 3 rings (SSSR count). The Balaban J connectivity index is 1.71. The van der Waals surface area contributed by atoms with Crippen LogP contribution >= 0.6 is 11.8 Å². The molecule has 1 heterocycles. The van der Waals surface area contributed by atoms with Gasteiger partial charge in [0.1, 0.15) is 0 Å². The summed E-state index contributed by atoms with van der Waals surface area (Å²) in [4.78, 5) is 20.3. The van der Waals surface area contributed by atoms with Gasteiger partial charge in [0.2, 0.25) is 0 Å². The third kappa shape index (κ3) is 3.97. The van der Waals surface area contributed by atoms with Crippen molar-refractivity contribution >= 4 is 28.7 Å². The van der Waals surface area contributed by atoms with Crippen LogP contribution in [0.5, 0.6) is 0 Å². The quantitative estimate of drug-likeness (QED) is 0.660. The van der Waals surface area contributed by atoms with E-state index in [2.05, 4.69) is 29.1 Å². The molecule has 0 aliphatic heterocycles. The summed E-state index contributed by atoms with van der Waals surface area (Å²) in [6.07, 6.45) is 0. The lowest BCUT2D eigenvalue weighted by Crippen LogP contribution is -2.28. The van der Waals surface area contributed by atoms with E-state index in [0.29, 0.717) is 18.2 Å². The maximum absolute atomic E-state index is 12.4. The fourth-order valence-corrected chi connectivity index (χ4v) is 3.29. The second-order valence-corrected chi connectivity index (χ2v) is 7.07. The summed E-state index contributed by atoms with van der Waals surface area (Å²) in [6.45, 7) is 4.86. The zero-order chi connectivity index (χ0) is 16.9. The Morgan fingerprint density at radius 2 is 1.92 bits per heavy atom. The van der Waals surface area contributed by atoms with Gasteiger partial charge in [-0.25, -0.2) is 4.98 Å². The standard InChI is InChI=1S/C19H21N3OS/c1-13(2)11-20-18(23)15-8-4-3-7-14(15)12-24-19-21-16-9-5-6-10-17(16)22-19/h3-10,13H,11-12H2,1-2H3,(H,20,23)(H,21,22). The molecule has 0 bridgehead atoms. The normalized spacial score (nSPS) is 11.1. The molecule has 2 N–H and O–H groups in total. The van der Waals surface area contributed by atoms with Gasteiger partial charge in [0.25, 0.3) is 5.91 Å². The number of carbonyl (C=O) groups excluding carboxylic acids is 1. The molecule has 2 aromatic carbocycles. The highest BCUT2D eigenvalue weighted by atomic mass is 32.2. The second kappa shape index (κ2) is 7.53. The van der Waals surface area contributed by atoms with Crippen molar-refractivity contribution in [1.29, 1.82) is 0 Å². The predicted molar refractivity (Wildman–Crippen MR) is 99.3 cm³/mol. The molecule has 1 aromatic heterocycles. The molecule has 3 aromatic rings. The first-order chi connectivity index (χ1) is 11.6. The molecule has 124 valence electrons. The molecule has 24 heavy (non-hydrogen) atoms. The van der Waals surface area contributed by atoms with Gasteiger partial charge in [-0.1, -0.05) is 55.9 Å². The molecule has 0 aliphatic rings. The van der Waals surface area contributed by atoms with Crippen LogP contribution in [0.3, 0.4) is 0 Å². The number of hydrogen-bond donors (Lipinski definition) is 2. The molecule has 0 radical (unpaired) electrons. The number of nitrogens with one attached hydrogen (secondary N) is 2. The third-order valence-corrected chi connectivity index (χ3v) is 4.59. The number of nitrogens with zero attached hydrogens (tertiary/aromatic N) is 1. The van der Waals surface area contributed by atoms with E-state index in [0.717, 1.165) is 27.3 Å². The summed E-state index contributed by atoms with van der Waals surface area (Å²) < 4.78 is 0. The minimum atomic E-state index is -0.00972. The van der Waals surface area contributed by atoms with Gasteiger partial charge in [-0.05, 0) is 29.7 Å². The van der Waals surface area contributed by atoms with Crippen LogP contribution in [0.4, 0.5) is 0 Å². The highest BCUT2D eigenvalue weighted by molar-refractivity contribution is 7.98. The van der Waals surface area contributed by atoms with Crippen LogP contribution in [0.25, 0.3) is 11.0 Å². The van der Waals surface area contributed by atoms with Crippen LogP contribution < -0.4 is 5.32 Å². The summed E-state index contributed by atoms with van der Waals surface area (Å²) in [5, 5.41) is 3.86. The van der Waals surface area contributed by atoms with Gasteiger partial charge in [-0.3, -0.25) is 4.79 Å². The number of amides is 1. The molecule has 0 saturated carbocycles. The SMILES string of the molecule is CC(C)CNC(=O)c1ccccc1CSc1nc2ccccc2[nH]1. The number of hydrogen-bond acceptors (Lipinski definition) is 3. The number of aromatic amines is 1. The molecule has 0 saturated heterocycles. The van der Waals surface area contributed by atoms with Crippen molar-refractivity contribution in [2.45, 2.75) is 24.8 Å². The van der Waals surface area contributed by atoms with Gasteiger partial charge in [0, 0.05) is 17.9 Å². The van der Waals surface area contributed by atoms with E-state index < -0.39 is 0 Å². The van der Waals surface area contributed by atoms with Gasteiger partial charge in [0.05, 0.1) is 11.0 Å². The van der Waals surface area contributed by atoms with Gasteiger partial charge in [0.15, 0.2) is 5.16 Å². The van der Waals surface area contributed by atoms with Crippen LogP contribution in [0.1, 0.15) is 29.8 Å². The number of carbonyl (C=O) groups is 1. The van der Waals surface area contributed by atoms with Crippen LogP contribution in [-0.4, -0.2) is 22.4 Å².